The Balaban J connectivity index is 2.09. The van der Waals surface area contributed by atoms with Gasteiger partial charge in [-0.05, 0) is 43.7 Å². The van der Waals surface area contributed by atoms with Gasteiger partial charge in [-0.25, -0.2) is 4.39 Å². The van der Waals surface area contributed by atoms with Gasteiger partial charge in [-0.3, -0.25) is 9.59 Å². The molecule has 0 spiro atoms. The number of hydrogen-bond donors (Lipinski definition) is 1. The highest BCUT2D eigenvalue weighted by Gasteiger charge is 2.46. The summed E-state index contributed by atoms with van der Waals surface area (Å²) in [4.78, 5) is 26.9. The summed E-state index contributed by atoms with van der Waals surface area (Å²) in [5.74, 6) is -1.91. The third-order valence-electron chi connectivity index (χ3n) is 4.93. The number of ketones is 1. The molecule has 1 unspecified atom stereocenters. The van der Waals surface area contributed by atoms with Gasteiger partial charge in [0.05, 0.1) is 18.2 Å². The molecule has 0 saturated carbocycles. The van der Waals surface area contributed by atoms with E-state index in [4.69, 9.17) is 9.47 Å². The van der Waals surface area contributed by atoms with E-state index in [1.54, 1.807) is 30.3 Å². The van der Waals surface area contributed by atoms with Gasteiger partial charge in [-0.1, -0.05) is 18.2 Å². The molecular weight excluding hydrogens is 389 g/mol. The van der Waals surface area contributed by atoms with Crippen molar-refractivity contribution in [3.05, 3.63) is 71.0 Å². The second kappa shape index (κ2) is 9.54. The highest BCUT2D eigenvalue weighted by atomic mass is 19.1. The molecule has 158 valence electrons. The minimum atomic E-state index is -1.02. The van der Waals surface area contributed by atoms with Crippen molar-refractivity contribution in [2.24, 2.45) is 0 Å². The minimum Gasteiger partial charge on any atom is -0.507 e. The van der Waals surface area contributed by atoms with Crippen LogP contribution in [0.1, 0.15) is 30.5 Å². The van der Waals surface area contributed by atoms with Gasteiger partial charge in [-0.15, -0.1) is 0 Å². The number of aliphatic hydroxyl groups is 1. The van der Waals surface area contributed by atoms with Gasteiger partial charge >= 0.3 is 0 Å². The fourth-order valence-corrected chi connectivity index (χ4v) is 3.54. The number of amides is 1. The zero-order valence-corrected chi connectivity index (χ0v) is 16.9. The number of rotatable bonds is 8. The lowest BCUT2D eigenvalue weighted by Gasteiger charge is -2.25. The Labute approximate surface area is 174 Å². The number of ether oxygens (including phenoxy) is 2. The lowest BCUT2D eigenvalue weighted by Crippen LogP contribution is -2.31. The van der Waals surface area contributed by atoms with Crippen LogP contribution in [-0.2, 0) is 14.3 Å². The largest absolute Gasteiger partial charge is 0.507 e. The molecule has 0 radical (unpaired) electrons. The zero-order chi connectivity index (χ0) is 21.7. The lowest BCUT2D eigenvalue weighted by atomic mass is 9.95. The number of carbonyl (C=O) groups excluding carboxylic acids is 2. The SMILES string of the molecule is CCOc1ccc(/C(O)=C2\C(=O)C(=O)N(CCCOC)C2c2ccccc2F)cc1. The number of halogens is 1. The summed E-state index contributed by atoms with van der Waals surface area (Å²) in [7, 11) is 1.54. The van der Waals surface area contributed by atoms with E-state index in [1.165, 1.54) is 30.2 Å². The van der Waals surface area contributed by atoms with Crippen LogP contribution in [0.25, 0.3) is 5.76 Å². The molecule has 2 aromatic carbocycles. The number of carbonyl (C=O) groups is 2. The zero-order valence-electron chi connectivity index (χ0n) is 16.9. The molecule has 30 heavy (non-hydrogen) atoms. The highest BCUT2D eigenvalue weighted by molar-refractivity contribution is 6.46. The van der Waals surface area contributed by atoms with Gasteiger partial charge < -0.3 is 19.5 Å². The maximum atomic E-state index is 14.6. The van der Waals surface area contributed by atoms with Crippen molar-refractivity contribution in [2.75, 3.05) is 26.9 Å². The first-order valence-corrected chi connectivity index (χ1v) is 9.74. The van der Waals surface area contributed by atoms with Crippen LogP contribution in [-0.4, -0.2) is 48.6 Å². The summed E-state index contributed by atoms with van der Waals surface area (Å²) >= 11 is 0. The van der Waals surface area contributed by atoms with E-state index in [0.29, 0.717) is 30.9 Å². The van der Waals surface area contributed by atoms with Crippen LogP contribution >= 0.6 is 0 Å². The number of hydrogen-bond acceptors (Lipinski definition) is 5. The van der Waals surface area contributed by atoms with Gasteiger partial charge in [0.15, 0.2) is 0 Å². The van der Waals surface area contributed by atoms with Crippen molar-refractivity contribution in [1.82, 2.24) is 4.90 Å². The van der Waals surface area contributed by atoms with E-state index < -0.39 is 23.5 Å². The second-order valence-electron chi connectivity index (χ2n) is 6.82. The third kappa shape index (κ3) is 4.21. The summed E-state index contributed by atoms with van der Waals surface area (Å²) in [5.41, 5.74) is 0.364. The first kappa shape index (κ1) is 21.5. The molecule has 1 N–H and O–H groups in total. The maximum Gasteiger partial charge on any atom is 0.295 e. The first-order chi connectivity index (χ1) is 14.5. The smallest absolute Gasteiger partial charge is 0.295 e. The number of nitrogens with zero attached hydrogens (tertiary/aromatic N) is 1. The first-order valence-electron chi connectivity index (χ1n) is 9.74. The van der Waals surface area contributed by atoms with E-state index in [1.807, 2.05) is 6.92 Å². The van der Waals surface area contributed by atoms with E-state index >= 15 is 0 Å². The molecule has 1 aliphatic heterocycles. The average molecular weight is 413 g/mol. The van der Waals surface area contributed by atoms with Gasteiger partial charge in [0.1, 0.15) is 17.3 Å². The van der Waals surface area contributed by atoms with Crippen molar-refractivity contribution in [1.29, 1.82) is 0 Å². The monoisotopic (exact) mass is 413 g/mol. The molecule has 1 fully saturated rings. The van der Waals surface area contributed by atoms with Gasteiger partial charge in [-0.2, -0.15) is 0 Å². The van der Waals surface area contributed by atoms with Crippen molar-refractivity contribution < 1.29 is 28.6 Å². The van der Waals surface area contributed by atoms with Crippen LogP contribution in [0.5, 0.6) is 5.75 Å². The molecule has 0 aromatic heterocycles. The number of likely N-dealkylation sites (tertiary alicyclic amines) is 1. The van der Waals surface area contributed by atoms with Gasteiger partial charge in [0.25, 0.3) is 11.7 Å². The van der Waals surface area contributed by atoms with Crippen LogP contribution < -0.4 is 4.74 Å². The Bertz CT molecular complexity index is 954. The van der Waals surface area contributed by atoms with E-state index in [2.05, 4.69) is 0 Å². The number of benzene rings is 2. The average Bonchev–Trinajstić information content (AvgIpc) is 2.99. The van der Waals surface area contributed by atoms with Gasteiger partial charge in [0, 0.05) is 31.4 Å². The van der Waals surface area contributed by atoms with Crippen LogP contribution in [0.4, 0.5) is 4.39 Å². The van der Waals surface area contributed by atoms with Crippen LogP contribution in [0.15, 0.2) is 54.1 Å². The Hall–Kier alpha value is -3.19. The third-order valence-corrected chi connectivity index (χ3v) is 4.93. The molecule has 3 rings (SSSR count). The van der Waals surface area contributed by atoms with E-state index in [9.17, 15) is 19.1 Å². The number of aliphatic hydroxyl groups excluding tert-OH is 1. The molecular formula is C23H24FNO5. The molecule has 1 saturated heterocycles. The maximum absolute atomic E-state index is 14.6. The fourth-order valence-electron chi connectivity index (χ4n) is 3.54. The quantitative estimate of drug-likeness (QED) is 0.309. The normalized spacial score (nSPS) is 18.1. The highest BCUT2D eigenvalue weighted by Crippen LogP contribution is 2.40. The molecule has 0 aliphatic carbocycles. The molecule has 1 amide bonds. The van der Waals surface area contributed by atoms with E-state index in [0.717, 1.165) is 0 Å². The summed E-state index contributed by atoms with van der Waals surface area (Å²) in [6, 6.07) is 11.4. The molecule has 1 aliphatic rings. The van der Waals surface area contributed by atoms with Crippen LogP contribution in [0.3, 0.4) is 0 Å². The Morgan fingerprint density at radius 1 is 1.13 bits per heavy atom. The predicted octanol–water partition coefficient (Wildman–Crippen LogP) is 3.68. The predicted molar refractivity (Wildman–Crippen MR) is 110 cm³/mol. The molecule has 2 aromatic rings. The van der Waals surface area contributed by atoms with Crippen molar-refractivity contribution in [3.63, 3.8) is 0 Å². The summed E-state index contributed by atoms with van der Waals surface area (Å²) in [5, 5.41) is 10.9. The van der Waals surface area contributed by atoms with Crippen molar-refractivity contribution in [3.8, 4) is 5.75 Å². The Morgan fingerprint density at radius 3 is 2.47 bits per heavy atom. The second-order valence-corrected chi connectivity index (χ2v) is 6.82. The Kier molecular flexibility index (Phi) is 6.84. The molecule has 1 atom stereocenters. The molecule has 0 bridgehead atoms. The summed E-state index contributed by atoms with van der Waals surface area (Å²) in [6.07, 6.45) is 0.470. The van der Waals surface area contributed by atoms with Crippen LogP contribution in [0, 0.1) is 5.82 Å². The number of methoxy groups -OCH3 is 1. The van der Waals surface area contributed by atoms with Crippen LogP contribution in [0.2, 0.25) is 0 Å². The lowest BCUT2D eigenvalue weighted by molar-refractivity contribution is -0.140. The summed E-state index contributed by atoms with van der Waals surface area (Å²) < 4.78 is 25.1. The minimum absolute atomic E-state index is 0.133. The molecule has 6 nitrogen and oxygen atoms in total. The standard InChI is InChI=1S/C23H24FNO5/c1-3-30-16-11-9-15(10-12-16)21(26)19-20(17-7-4-5-8-18(17)24)25(13-6-14-29-2)23(28)22(19)27/h4-5,7-12,20,26H,3,6,13-14H2,1-2H3/b21-19+. The number of Topliss-reactive ketones (excluding diaryl/α,β-unsaturated/α-hetero) is 1. The fraction of sp³-hybridized carbons (Fsp3) is 0.304. The molecule has 7 heteroatoms. The van der Waals surface area contributed by atoms with Crippen molar-refractivity contribution in [2.45, 2.75) is 19.4 Å². The van der Waals surface area contributed by atoms with Gasteiger partial charge in [0.2, 0.25) is 0 Å². The Morgan fingerprint density at radius 2 is 1.83 bits per heavy atom. The van der Waals surface area contributed by atoms with Crippen molar-refractivity contribution >= 4 is 17.4 Å². The topological polar surface area (TPSA) is 76.1 Å². The summed E-state index contributed by atoms with van der Waals surface area (Å²) in [6.45, 7) is 2.92. The molecule has 1 heterocycles. The van der Waals surface area contributed by atoms with E-state index in [-0.39, 0.29) is 23.4 Å².